The standard InChI is InChI=1S/C24H25BrN2O3S/c1-16-12-17(2)23(18(3)13-16)31(29,30)27-22(14-19-8-5-4-6-9-19)24(28)26-21-11-7-10-20(25)15-21/h4-13,15,22,27H,14H2,1-3H3,(H,26,28)/t22-/m0/s1. The summed E-state index contributed by atoms with van der Waals surface area (Å²) >= 11 is 3.38. The van der Waals surface area contributed by atoms with Gasteiger partial charge in [0.2, 0.25) is 15.9 Å². The van der Waals surface area contributed by atoms with Gasteiger partial charge in [0, 0.05) is 10.2 Å². The molecule has 0 aliphatic heterocycles. The van der Waals surface area contributed by atoms with E-state index in [1.165, 1.54) is 0 Å². The third kappa shape index (κ3) is 6.03. The van der Waals surface area contributed by atoms with Gasteiger partial charge < -0.3 is 5.32 Å². The van der Waals surface area contributed by atoms with Gasteiger partial charge in [0.15, 0.2) is 0 Å². The molecule has 0 aliphatic rings. The van der Waals surface area contributed by atoms with Crippen molar-refractivity contribution in [2.75, 3.05) is 5.32 Å². The highest BCUT2D eigenvalue weighted by Crippen LogP contribution is 2.23. The van der Waals surface area contributed by atoms with Gasteiger partial charge in [-0.1, -0.05) is 70.0 Å². The lowest BCUT2D eigenvalue weighted by atomic mass is 10.1. The fraction of sp³-hybridized carbons (Fsp3) is 0.208. The molecule has 3 aromatic rings. The molecule has 0 heterocycles. The summed E-state index contributed by atoms with van der Waals surface area (Å²) in [5.74, 6) is -0.423. The molecule has 0 aliphatic carbocycles. The highest BCUT2D eigenvalue weighted by atomic mass is 79.9. The Bertz CT molecular complexity index is 1170. The Balaban J connectivity index is 1.93. The van der Waals surface area contributed by atoms with Crippen LogP contribution in [0.3, 0.4) is 0 Å². The maximum atomic E-state index is 13.3. The summed E-state index contributed by atoms with van der Waals surface area (Å²) in [5, 5.41) is 2.82. The molecular formula is C24H25BrN2O3S. The van der Waals surface area contributed by atoms with E-state index in [-0.39, 0.29) is 11.3 Å². The molecule has 0 saturated heterocycles. The van der Waals surface area contributed by atoms with Gasteiger partial charge in [0.1, 0.15) is 6.04 Å². The molecule has 3 aromatic carbocycles. The molecule has 7 heteroatoms. The first kappa shape index (κ1) is 23.2. The number of carbonyl (C=O) groups is 1. The van der Waals surface area contributed by atoms with Crippen LogP contribution in [0.25, 0.3) is 0 Å². The lowest BCUT2D eigenvalue weighted by Crippen LogP contribution is -2.45. The summed E-state index contributed by atoms with van der Waals surface area (Å²) in [6.45, 7) is 5.46. The van der Waals surface area contributed by atoms with Crippen LogP contribution in [0, 0.1) is 20.8 Å². The molecule has 0 unspecified atom stereocenters. The normalized spacial score (nSPS) is 12.4. The van der Waals surface area contributed by atoms with Crippen LogP contribution in [0.1, 0.15) is 22.3 Å². The number of rotatable bonds is 7. The second-order valence-electron chi connectivity index (χ2n) is 7.59. The predicted octanol–water partition coefficient (Wildman–Crippen LogP) is 4.90. The fourth-order valence-electron chi connectivity index (χ4n) is 3.67. The Labute approximate surface area is 192 Å². The van der Waals surface area contributed by atoms with E-state index in [0.29, 0.717) is 16.8 Å². The van der Waals surface area contributed by atoms with Gasteiger partial charge in [-0.05, 0) is 62.1 Å². The Hall–Kier alpha value is -2.48. The van der Waals surface area contributed by atoms with Crippen LogP contribution in [0.15, 0.2) is 76.1 Å². The second-order valence-corrected chi connectivity index (χ2v) is 10.2. The molecule has 0 fully saturated rings. The van der Waals surface area contributed by atoms with Crippen LogP contribution in [-0.2, 0) is 21.2 Å². The van der Waals surface area contributed by atoms with Crippen molar-refractivity contribution in [3.05, 3.63) is 93.5 Å². The van der Waals surface area contributed by atoms with Crippen LogP contribution in [-0.4, -0.2) is 20.4 Å². The number of anilines is 1. The minimum atomic E-state index is -3.92. The first-order valence-corrected chi connectivity index (χ1v) is 12.1. The highest BCUT2D eigenvalue weighted by molar-refractivity contribution is 9.10. The van der Waals surface area contributed by atoms with Crippen molar-refractivity contribution < 1.29 is 13.2 Å². The summed E-state index contributed by atoms with van der Waals surface area (Å²) in [4.78, 5) is 13.3. The number of hydrogen-bond donors (Lipinski definition) is 2. The molecule has 0 bridgehead atoms. The lowest BCUT2D eigenvalue weighted by Gasteiger charge is -2.21. The Morgan fingerprint density at radius 3 is 2.19 bits per heavy atom. The van der Waals surface area contributed by atoms with Crippen molar-refractivity contribution in [2.24, 2.45) is 0 Å². The van der Waals surface area contributed by atoms with Gasteiger partial charge in [-0.15, -0.1) is 0 Å². The van der Waals surface area contributed by atoms with Crippen molar-refractivity contribution in [3.8, 4) is 0 Å². The summed E-state index contributed by atoms with van der Waals surface area (Å²) < 4.78 is 30.1. The number of aryl methyl sites for hydroxylation is 3. The van der Waals surface area contributed by atoms with Gasteiger partial charge in [-0.3, -0.25) is 4.79 Å². The minimum Gasteiger partial charge on any atom is -0.325 e. The molecule has 31 heavy (non-hydrogen) atoms. The lowest BCUT2D eigenvalue weighted by molar-refractivity contribution is -0.117. The molecule has 3 rings (SSSR count). The zero-order valence-corrected chi connectivity index (χ0v) is 20.0. The summed E-state index contributed by atoms with van der Waals surface area (Å²) in [6, 6.07) is 19.2. The first-order valence-electron chi connectivity index (χ1n) is 9.86. The maximum absolute atomic E-state index is 13.3. The summed E-state index contributed by atoms with van der Waals surface area (Å²) in [5.41, 5.74) is 3.73. The quantitative estimate of drug-likeness (QED) is 0.484. The molecular weight excluding hydrogens is 476 g/mol. The molecule has 162 valence electrons. The van der Waals surface area contributed by atoms with Gasteiger partial charge in [0.05, 0.1) is 4.90 Å². The van der Waals surface area contributed by atoms with Gasteiger partial charge in [0.25, 0.3) is 0 Å². The Morgan fingerprint density at radius 2 is 1.58 bits per heavy atom. The van der Waals surface area contributed by atoms with Crippen LogP contribution in [0.2, 0.25) is 0 Å². The van der Waals surface area contributed by atoms with Crippen LogP contribution in [0.5, 0.6) is 0 Å². The van der Waals surface area contributed by atoms with Crippen molar-refractivity contribution in [1.82, 2.24) is 4.72 Å². The molecule has 0 spiro atoms. The zero-order chi connectivity index (χ0) is 22.6. The number of benzene rings is 3. The van der Waals surface area contributed by atoms with Crippen LogP contribution in [0.4, 0.5) is 5.69 Å². The fourth-order valence-corrected chi connectivity index (χ4v) is 5.72. The van der Waals surface area contributed by atoms with E-state index >= 15 is 0 Å². The average Bonchev–Trinajstić information content (AvgIpc) is 2.67. The smallest absolute Gasteiger partial charge is 0.242 e. The number of amides is 1. The second kappa shape index (κ2) is 9.77. The molecule has 0 saturated carbocycles. The van der Waals surface area contributed by atoms with Crippen molar-refractivity contribution in [2.45, 2.75) is 38.1 Å². The third-order valence-electron chi connectivity index (χ3n) is 4.86. The SMILES string of the molecule is Cc1cc(C)c(S(=O)(=O)N[C@@H](Cc2ccccc2)C(=O)Nc2cccc(Br)c2)c(C)c1. The maximum Gasteiger partial charge on any atom is 0.242 e. The van der Waals surface area contributed by atoms with Gasteiger partial charge in [-0.25, -0.2) is 8.42 Å². The minimum absolute atomic E-state index is 0.214. The van der Waals surface area contributed by atoms with E-state index in [2.05, 4.69) is 26.0 Å². The van der Waals surface area contributed by atoms with Crippen LogP contribution >= 0.6 is 15.9 Å². The molecule has 0 radical (unpaired) electrons. The number of sulfonamides is 1. The zero-order valence-electron chi connectivity index (χ0n) is 17.6. The first-order chi connectivity index (χ1) is 14.7. The van der Waals surface area contributed by atoms with Crippen molar-refractivity contribution in [3.63, 3.8) is 0 Å². The number of halogens is 1. The van der Waals surface area contributed by atoms with E-state index in [4.69, 9.17) is 0 Å². The summed E-state index contributed by atoms with van der Waals surface area (Å²) in [6.07, 6.45) is 0.226. The van der Waals surface area contributed by atoms with Crippen LogP contribution < -0.4 is 10.0 Å². The average molecular weight is 501 g/mol. The molecule has 5 nitrogen and oxygen atoms in total. The third-order valence-corrected chi connectivity index (χ3v) is 7.13. The highest BCUT2D eigenvalue weighted by Gasteiger charge is 2.28. The van der Waals surface area contributed by atoms with E-state index in [9.17, 15) is 13.2 Å². The number of carbonyl (C=O) groups excluding carboxylic acids is 1. The molecule has 1 atom stereocenters. The summed E-state index contributed by atoms with van der Waals surface area (Å²) in [7, 11) is -3.92. The molecule has 1 amide bonds. The van der Waals surface area contributed by atoms with E-state index < -0.39 is 22.0 Å². The molecule has 0 aromatic heterocycles. The van der Waals surface area contributed by atoms with Crippen molar-refractivity contribution in [1.29, 1.82) is 0 Å². The van der Waals surface area contributed by atoms with E-state index in [1.54, 1.807) is 32.0 Å². The van der Waals surface area contributed by atoms with Crippen molar-refractivity contribution >= 4 is 37.5 Å². The number of hydrogen-bond acceptors (Lipinski definition) is 3. The largest absolute Gasteiger partial charge is 0.325 e. The van der Waals surface area contributed by atoms with E-state index in [0.717, 1.165) is 15.6 Å². The Kier molecular flexibility index (Phi) is 7.30. The number of nitrogens with one attached hydrogen (secondary N) is 2. The predicted molar refractivity (Wildman–Crippen MR) is 128 cm³/mol. The monoisotopic (exact) mass is 500 g/mol. The Morgan fingerprint density at radius 1 is 0.935 bits per heavy atom. The van der Waals surface area contributed by atoms with Gasteiger partial charge >= 0.3 is 0 Å². The van der Waals surface area contributed by atoms with E-state index in [1.807, 2.05) is 55.5 Å². The topological polar surface area (TPSA) is 75.3 Å². The molecule has 2 N–H and O–H groups in total. The van der Waals surface area contributed by atoms with Gasteiger partial charge in [-0.2, -0.15) is 4.72 Å².